The van der Waals surface area contributed by atoms with Gasteiger partial charge in [-0.1, -0.05) is 36.4 Å². The summed E-state index contributed by atoms with van der Waals surface area (Å²) in [6.45, 7) is 11.4. The predicted molar refractivity (Wildman–Crippen MR) is 133 cm³/mol. The minimum atomic E-state index is -0.822. The molecule has 0 aliphatic carbocycles. The van der Waals surface area contributed by atoms with Crippen molar-refractivity contribution in [2.45, 2.75) is 78.6 Å². The van der Waals surface area contributed by atoms with Crippen molar-refractivity contribution in [2.24, 2.45) is 0 Å². The van der Waals surface area contributed by atoms with E-state index in [0.29, 0.717) is 17.5 Å². The minimum absolute atomic E-state index is 0.144. The molecule has 2 rings (SSSR count). The van der Waals surface area contributed by atoms with Crippen LogP contribution < -0.4 is 0 Å². The molecule has 2 aromatic rings. The Balaban J connectivity index is 2.07. The summed E-state index contributed by atoms with van der Waals surface area (Å²) in [5.74, 6) is -0.254. The summed E-state index contributed by atoms with van der Waals surface area (Å²) in [5, 5.41) is 19.3. The maximum atomic E-state index is 13.1. The van der Waals surface area contributed by atoms with Crippen LogP contribution in [0.15, 0.2) is 36.4 Å². The first-order chi connectivity index (χ1) is 15.6. The molecule has 5 heteroatoms. The van der Waals surface area contributed by atoms with E-state index in [9.17, 15) is 15.0 Å². The number of aliphatic hydroxyl groups excluding tert-OH is 2. The molecule has 0 amide bonds. The number of hydrogen-bond acceptors (Lipinski definition) is 5. The van der Waals surface area contributed by atoms with Gasteiger partial charge >= 0.3 is 5.97 Å². The summed E-state index contributed by atoms with van der Waals surface area (Å²) in [6, 6.07) is 12.1. The van der Waals surface area contributed by atoms with Crippen molar-refractivity contribution in [1.82, 2.24) is 4.90 Å². The zero-order valence-corrected chi connectivity index (χ0v) is 21.1. The number of hydrogen-bond donors (Lipinski definition) is 2. The van der Waals surface area contributed by atoms with Crippen molar-refractivity contribution < 1.29 is 19.7 Å². The fourth-order valence-electron chi connectivity index (χ4n) is 4.07. The number of aryl methyl sites for hydroxylation is 2. The van der Waals surface area contributed by atoms with E-state index in [-0.39, 0.29) is 25.3 Å². The maximum absolute atomic E-state index is 13.1. The first-order valence-electron chi connectivity index (χ1n) is 11.9. The lowest BCUT2D eigenvalue weighted by Crippen LogP contribution is -2.37. The van der Waals surface area contributed by atoms with Gasteiger partial charge in [-0.2, -0.15) is 0 Å². The molecule has 1 atom stereocenters. The fourth-order valence-corrected chi connectivity index (χ4v) is 4.07. The van der Waals surface area contributed by atoms with E-state index in [0.717, 1.165) is 31.5 Å². The van der Waals surface area contributed by atoms with Crippen molar-refractivity contribution in [1.29, 1.82) is 0 Å². The Bertz CT molecular complexity index is 924. The number of carbonyl (C=O) groups is 1. The number of benzene rings is 2. The Morgan fingerprint density at radius 2 is 1.70 bits per heavy atom. The molecule has 182 valence electrons. The highest BCUT2D eigenvalue weighted by atomic mass is 16.5. The van der Waals surface area contributed by atoms with Crippen molar-refractivity contribution in [3.8, 4) is 0 Å². The van der Waals surface area contributed by atoms with E-state index in [1.807, 2.05) is 32.9 Å². The molecular weight excluding hydrogens is 414 g/mol. The van der Waals surface area contributed by atoms with Gasteiger partial charge in [0.15, 0.2) is 0 Å². The third-order valence-corrected chi connectivity index (χ3v) is 6.55. The van der Waals surface area contributed by atoms with Crippen LogP contribution in [0.3, 0.4) is 0 Å². The molecule has 2 N–H and O–H groups in total. The van der Waals surface area contributed by atoms with Crippen LogP contribution in [0.1, 0.15) is 67.0 Å². The summed E-state index contributed by atoms with van der Waals surface area (Å²) in [5.41, 5.74) is 5.29. The van der Waals surface area contributed by atoms with Crippen LogP contribution in [0.4, 0.5) is 0 Å². The molecule has 0 fully saturated rings. The molecule has 0 heterocycles. The van der Waals surface area contributed by atoms with Crippen LogP contribution in [-0.4, -0.2) is 47.3 Å². The highest BCUT2D eigenvalue weighted by molar-refractivity contribution is 5.83. The SMILES string of the molecule is Cc1ccc(CCN(C)CCCC(C)(C(=O)OC(C)C)c2ccc(CO)c(CO)c2)cc1C. The first kappa shape index (κ1) is 27.0. The molecule has 2 aromatic carbocycles. The van der Waals surface area contributed by atoms with Crippen LogP contribution in [0.2, 0.25) is 0 Å². The molecule has 1 unspecified atom stereocenters. The molecule has 5 nitrogen and oxygen atoms in total. The lowest BCUT2D eigenvalue weighted by Gasteiger charge is -2.30. The van der Waals surface area contributed by atoms with Crippen LogP contribution in [-0.2, 0) is 34.6 Å². The molecule has 0 saturated heterocycles. The largest absolute Gasteiger partial charge is 0.462 e. The van der Waals surface area contributed by atoms with Gasteiger partial charge in [0.2, 0.25) is 0 Å². The number of ether oxygens (including phenoxy) is 1. The van der Waals surface area contributed by atoms with Gasteiger partial charge < -0.3 is 19.8 Å². The summed E-state index contributed by atoms with van der Waals surface area (Å²) in [6.07, 6.45) is 2.26. The Kier molecular flexibility index (Phi) is 10.1. The second kappa shape index (κ2) is 12.3. The lowest BCUT2D eigenvalue weighted by atomic mass is 9.77. The second-order valence-electron chi connectivity index (χ2n) is 9.66. The third kappa shape index (κ3) is 7.39. The molecule has 0 spiro atoms. The van der Waals surface area contributed by atoms with E-state index in [2.05, 4.69) is 44.0 Å². The maximum Gasteiger partial charge on any atom is 0.316 e. The van der Waals surface area contributed by atoms with Crippen LogP contribution >= 0.6 is 0 Å². The van der Waals surface area contributed by atoms with E-state index in [4.69, 9.17) is 4.74 Å². The fraction of sp³-hybridized carbons (Fsp3) is 0.536. The quantitative estimate of drug-likeness (QED) is 0.463. The van der Waals surface area contributed by atoms with Gasteiger partial charge in [0.25, 0.3) is 0 Å². The summed E-state index contributed by atoms with van der Waals surface area (Å²) in [4.78, 5) is 15.4. The zero-order valence-electron chi connectivity index (χ0n) is 21.1. The van der Waals surface area contributed by atoms with E-state index in [1.165, 1.54) is 16.7 Å². The molecule has 0 aliphatic rings. The zero-order chi connectivity index (χ0) is 24.6. The van der Waals surface area contributed by atoms with Crippen LogP contribution in [0, 0.1) is 13.8 Å². The number of aliphatic hydroxyl groups is 2. The van der Waals surface area contributed by atoms with E-state index in [1.54, 1.807) is 6.07 Å². The number of rotatable bonds is 12. The summed E-state index contributed by atoms with van der Waals surface area (Å²) >= 11 is 0. The molecule has 33 heavy (non-hydrogen) atoms. The summed E-state index contributed by atoms with van der Waals surface area (Å²) < 4.78 is 5.62. The number of likely N-dealkylation sites (N-methyl/N-ethyl adjacent to an activating group) is 1. The number of esters is 1. The molecular formula is C28H41NO4. The van der Waals surface area contributed by atoms with Crippen LogP contribution in [0.25, 0.3) is 0 Å². The highest BCUT2D eigenvalue weighted by Gasteiger charge is 2.37. The van der Waals surface area contributed by atoms with E-state index < -0.39 is 5.41 Å². The van der Waals surface area contributed by atoms with Crippen molar-refractivity contribution in [3.63, 3.8) is 0 Å². The number of nitrogens with zero attached hydrogens (tertiary/aromatic N) is 1. The first-order valence-corrected chi connectivity index (χ1v) is 11.9. The Morgan fingerprint density at radius 1 is 1.00 bits per heavy atom. The smallest absolute Gasteiger partial charge is 0.316 e. The Hall–Kier alpha value is -2.21. The summed E-state index contributed by atoms with van der Waals surface area (Å²) in [7, 11) is 2.12. The van der Waals surface area contributed by atoms with Gasteiger partial charge in [0, 0.05) is 6.54 Å². The standard InChI is InChI=1S/C28H41NO4/c1-20(2)33-27(32)28(5,26-11-10-24(18-30)25(17-26)19-31)13-7-14-29(6)15-12-23-9-8-21(3)22(4)16-23/h8-11,16-17,20,30-31H,7,12-15,18-19H2,1-6H3. The predicted octanol–water partition coefficient (Wildman–Crippen LogP) is 4.45. The normalized spacial score (nSPS) is 13.4. The van der Waals surface area contributed by atoms with E-state index >= 15 is 0 Å². The topological polar surface area (TPSA) is 70.0 Å². The minimum Gasteiger partial charge on any atom is -0.462 e. The average molecular weight is 456 g/mol. The van der Waals surface area contributed by atoms with Crippen LogP contribution in [0.5, 0.6) is 0 Å². The molecule has 0 bridgehead atoms. The molecule has 0 aliphatic heterocycles. The van der Waals surface area contributed by atoms with Gasteiger partial charge in [-0.3, -0.25) is 4.79 Å². The monoisotopic (exact) mass is 455 g/mol. The molecule has 0 radical (unpaired) electrons. The highest BCUT2D eigenvalue weighted by Crippen LogP contribution is 2.33. The van der Waals surface area contributed by atoms with Crippen molar-refractivity contribution >= 4 is 5.97 Å². The van der Waals surface area contributed by atoms with Gasteiger partial charge in [-0.25, -0.2) is 0 Å². The Morgan fingerprint density at radius 3 is 2.30 bits per heavy atom. The van der Waals surface area contributed by atoms with Crippen molar-refractivity contribution in [3.05, 3.63) is 69.8 Å². The van der Waals surface area contributed by atoms with Crippen molar-refractivity contribution in [2.75, 3.05) is 20.1 Å². The second-order valence-corrected chi connectivity index (χ2v) is 9.66. The number of carbonyl (C=O) groups excluding carboxylic acids is 1. The van der Waals surface area contributed by atoms with Gasteiger partial charge in [0.05, 0.1) is 24.7 Å². The molecule has 0 aromatic heterocycles. The average Bonchev–Trinajstić information content (AvgIpc) is 2.78. The van der Waals surface area contributed by atoms with Gasteiger partial charge in [-0.05, 0) is 101 Å². The third-order valence-electron chi connectivity index (χ3n) is 6.55. The van der Waals surface area contributed by atoms with Gasteiger partial charge in [-0.15, -0.1) is 0 Å². The Labute approximate surface area is 199 Å². The van der Waals surface area contributed by atoms with Gasteiger partial charge in [0.1, 0.15) is 0 Å². The molecule has 0 saturated carbocycles. The lowest BCUT2D eigenvalue weighted by molar-refractivity contribution is -0.154.